The van der Waals surface area contributed by atoms with Gasteiger partial charge < -0.3 is 5.32 Å². The highest BCUT2D eigenvalue weighted by Crippen LogP contribution is 2.27. The van der Waals surface area contributed by atoms with Gasteiger partial charge in [0.2, 0.25) is 0 Å². The van der Waals surface area contributed by atoms with Crippen molar-refractivity contribution in [3.8, 4) is 0 Å². The number of hydrogen-bond donors (Lipinski definition) is 1. The number of sulfone groups is 1. The topological polar surface area (TPSA) is 46.2 Å². The van der Waals surface area contributed by atoms with Gasteiger partial charge in [-0.3, -0.25) is 0 Å². The van der Waals surface area contributed by atoms with E-state index in [-0.39, 0.29) is 11.2 Å². The van der Waals surface area contributed by atoms with E-state index in [1.165, 1.54) is 12.8 Å². The van der Waals surface area contributed by atoms with Crippen LogP contribution >= 0.6 is 0 Å². The fourth-order valence-electron chi connectivity index (χ4n) is 1.94. The van der Waals surface area contributed by atoms with Crippen LogP contribution in [0.2, 0.25) is 0 Å². The lowest BCUT2D eigenvalue weighted by molar-refractivity contribution is 0.299. The second kappa shape index (κ2) is 6.19. The van der Waals surface area contributed by atoms with E-state index in [4.69, 9.17) is 0 Å². The monoisotopic (exact) mass is 261 g/mol. The summed E-state index contributed by atoms with van der Waals surface area (Å²) in [5.74, 6) is 0.625. The van der Waals surface area contributed by atoms with Gasteiger partial charge in [0.05, 0.1) is 5.75 Å². The molecule has 0 bridgehead atoms. The van der Waals surface area contributed by atoms with Crippen LogP contribution in [0, 0.1) is 5.41 Å². The van der Waals surface area contributed by atoms with E-state index in [9.17, 15) is 8.42 Å². The minimum absolute atomic E-state index is 0.255. The minimum Gasteiger partial charge on any atom is -0.314 e. The highest BCUT2D eigenvalue weighted by molar-refractivity contribution is 7.91. The van der Waals surface area contributed by atoms with Gasteiger partial charge in [0, 0.05) is 11.8 Å². The lowest BCUT2D eigenvalue weighted by Gasteiger charge is -2.24. The van der Waals surface area contributed by atoms with E-state index >= 15 is 0 Å². The Kier molecular flexibility index (Phi) is 5.45. The summed E-state index contributed by atoms with van der Waals surface area (Å²) in [4.78, 5) is 0. The third-order valence-corrected chi connectivity index (χ3v) is 5.35. The van der Waals surface area contributed by atoms with Crippen molar-refractivity contribution in [3.05, 3.63) is 0 Å². The molecule has 1 rings (SSSR count). The van der Waals surface area contributed by atoms with Gasteiger partial charge in [-0.1, -0.05) is 20.8 Å². The van der Waals surface area contributed by atoms with Crippen LogP contribution in [0.25, 0.3) is 0 Å². The average molecular weight is 261 g/mol. The first-order chi connectivity index (χ1) is 7.85. The second-order valence-corrected chi connectivity index (χ2v) is 8.46. The Hall–Kier alpha value is -0.0900. The van der Waals surface area contributed by atoms with Crippen molar-refractivity contribution in [2.24, 2.45) is 5.41 Å². The summed E-state index contributed by atoms with van der Waals surface area (Å²) in [6, 6.07) is 0.770. The fourth-order valence-corrected chi connectivity index (χ4v) is 2.81. The molecule has 0 aromatic heterocycles. The Morgan fingerprint density at radius 1 is 1.24 bits per heavy atom. The van der Waals surface area contributed by atoms with Gasteiger partial charge in [0.1, 0.15) is 9.84 Å². The molecule has 17 heavy (non-hydrogen) atoms. The lowest BCUT2D eigenvalue weighted by atomic mass is 9.84. The molecular formula is C13H27NO2S. The first kappa shape index (κ1) is 15.0. The largest absolute Gasteiger partial charge is 0.314 e. The van der Waals surface area contributed by atoms with Crippen molar-refractivity contribution in [1.82, 2.24) is 5.32 Å². The molecule has 0 aromatic carbocycles. The van der Waals surface area contributed by atoms with Gasteiger partial charge in [0.25, 0.3) is 0 Å². The molecule has 1 fully saturated rings. The maximum Gasteiger partial charge on any atom is 0.150 e. The molecule has 0 unspecified atom stereocenters. The van der Waals surface area contributed by atoms with Crippen LogP contribution in [-0.2, 0) is 9.84 Å². The molecule has 0 radical (unpaired) electrons. The van der Waals surface area contributed by atoms with Gasteiger partial charge in [-0.2, -0.15) is 0 Å². The van der Waals surface area contributed by atoms with Crippen LogP contribution in [0.3, 0.4) is 0 Å². The molecule has 4 heteroatoms. The van der Waals surface area contributed by atoms with Crippen molar-refractivity contribution < 1.29 is 8.42 Å². The van der Waals surface area contributed by atoms with Crippen LogP contribution in [0.15, 0.2) is 0 Å². The summed E-state index contributed by atoms with van der Waals surface area (Å²) >= 11 is 0. The zero-order chi connectivity index (χ0) is 12.9. The number of hydrogen-bond acceptors (Lipinski definition) is 3. The molecule has 0 saturated heterocycles. The SMILES string of the molecule is CCS(=O)(=O)CCCC(C)(C)CCNC1CC1. The molecule has 0 atom stereocenters. The molecule has 1 aliphatic carbocycles. The number of rotatable bonds is 9. The summed E-state index contributed by atoms with van der Waals surface area (Å²) in [6.45, 7) is 7.26. The molecule has 0 amide bonds. The summed E-state index contributed by atoms with van der Waals surface area (Å²) in [5, 5.41) is 3.51. The summed E-state index contributed by atoms with van der Waals surface area (Å²) < 4.78 is 22.8. The molecule has 102 valence electrons. The zero-order valence-electron chi connectivity index (χ0n) is 11.5. The van der Waals surface area contributed by atoms with Gasteiger partial charge in [-0.25, -0.2) is 8.42 Å². The van der Waals surface area contributed by atoms with E-state index in [1.807, 2.05) is 0 Å². The van der Waals surface area contributed by atoms with E-state index < -0.39 is 9.84 Å². The van der Waals surface area contributed by atoms with Crippen molar-refractivity contribution >= 4 is 9.84 Å². The Morgan fingerprint density at radius 2 is 1.88 bits per heavy atom. The smallest absolute Gasteiger partial charge is 0.150 e. The molecule has 1 aliphatic rings. The second-order valence-electron chi connectivity index (χ2n) is 5.98. The fraction of sp³-hybridized carbons (Fsp3) is 1.00. The summed E-state index contributed by atoms with van der Waals surface area (Å²) in [7, 11) is -2.78. The molecule has 0 aliphatic heterocycles. The van der Waals surface area contributed by atoms with E-state index in [0.29, 0.717) is 5.75 Å². The molecular weight excluding hydrogens is 234 g/mol. The molecule has 3 nitrogen and oxygen atoms in total. The van der Waals surface area contributed by atoms with Crippen molar-refractivity contribution in [3.63, 3.8) is 0 Å². The van der Waals surface area contributed by atoms with Crippen molar-refractivity contribution in [1.29, 1.82) is 0 Å². The molecule has 0 aromatic rings. The first-order valence-electron chi connectivity index (χ1n) is 6.78. The lowest BCUT2D eigenvalue weighted by Crippen LogP contribution is -2.24. The van der Waals surface area contributed by atoms with Crippen LogP contribution in [0.4, 0.5) is 0 Å². The zero-order valence-corrected chi connectivity index (χ0v) is 12.3. The predicted octanol–water partition coefficient (Wildman–Crippen LogP) is 2.37. The third kappa shape index (κ3) is 7.04. The quantitative estimate of drug-likeness (QED) is 0.693. The Bertz CT molecular complexity index is 318. The maximum absolute atomic E-state index is 11.4. The first-order valence-corrected chi connectivity index (χ1v) is 8.60. The van der Waals surface area contributed by atoms with E-state index in [1.54, 1.807) is 6.92 Å². The predicted molar refractivity (Wildman–Crippen MR) is 73.0 cm³/mol. The highest BCUT2D eigenvalue weighted by Gasteiger charge is 2.23. The molecule has 0 spiro atoms. The van der Waals surface area contributed by atoms with Gasteiger partial charge >= 0.3 is 0 Å². The normalized spacial score (nSPS) is 17.4. The van der Waals surface area contributed by atoms with Crippen molar-refractivity contribution in [2.45, 2.75) is 58.9 Å². The average Bonchev–Trinajstić information content (AvgIpc) is 3.01. The van der Waals surface area contributed by atoms with E-state index in [0.717, 1.165) is 31.8 Å². The van der Waals surface area contributed by atoms with Crippen LogP contribution in [0.5, 0.6) is 0 Å². The van der Waals surface area contributed by atoms with E-state index in [2.05, 4.69) is 19.2 Å². The summed E-state index contributed by atoms with van der Waals surface area (Å²) in [6.07, 6.45) is 5.59. The third-order valence-electron chi connectivity index (χ3n) is 3.56. The van der Waals surface area contributed by atoms with Crippen LogP contribution in [-0.4, -0.2) is 32.5 Å². The maximum atomic E-state index is 11.4. The Balaban J connectivity index is 2.14. The standard InChI is InChI=1S/C13H27NO2S/c1-4-17(15,16)11-5-8-13(2,3)9-10-14-12-6-7-12/h12,14H,4-11H2,1-3H3. The van der Waals surface area contributed by atoms with Gasteiger partial charge in [0.15, 0.2) is 0 Å². The van der Waals surface area contributed by atoms with Gasteiger partial charge in [-0.15, -0.1) is 0 Å². The minimum atomic E-state index is -2.78. The Labute approximate surface area is 106 Å². The Morgan fingerprint density at radius 3 is 2.41 bits per heavy atom. The molecule has 1 saturated carbocycles. The number of nitrogens with one attached hydrogen (secondary N) is 1. The highest BCUT2D eigenvalue weighted by atomic mass is 32.2. The molecule has 0 heterocycles. The van der Waals surface area contributed by atoms with Crippen LogP contribution in [0.1, 0.15) is 52.9 Å². The summed E-state index contributed by atoms with van der Waals surface area (Å²) in [5.41, 5.74) is 0.255. The van der Waals surface area contributed by atoms with Gasteiger partial charge in [-0.05, 0) is 44.1 Å². The van der Waals surface area contributed by atoms with Crippen molar-refractivity contribution in [2.75, 3.05) is 18.1 Å². The van der Waals surface area contributed by atoms with Crippen LogP contribution < -0.4 is 5.32 Å². The molecule has 1 N–H and O–H groups in total.